The Kier molecular flexibility index (Phi) is 6.19. The van der Waals surface area contributed by atoms with Crippen LogP contribution in [0.1, 0.15) is 28.3 Å². The van der Waals surface area contributed by atoms with Crippen molar-refractivity contribution in [2.45, 2.75) is 18.4 Å². The van der Waals surface area contributed by atoms with Gasteiger partial charge in [-0.2, -0.15) is 44.5 Å². The van der Waals surface area contributed by atoms with Gasteiger partial charge in [-0.3, -0.25) is 0 Å². The molecular weight excluding hydrogens is 605 g/mol. The van der Waals surface area contributed by atoms with Crippen LogP contribution in [-0.2, 0) is 32.5 Å². The van der Waals surface area contributed by atoms with E-state index in [0.717, 1.165) is 42.5 Å². The fraction of sp³-hybridized carbons (Fsp3) is 0.143. The van der Waals surface area contributed by atoms with E-state index in [0.29, 0.717) is 16.8 Å². The van der Waals surface area contributed by atoms with Crippen LogP contribution < -0.4 is 5.01 Å². The van der Waals surface area contributed by atoms with Crippen LogP contribution in [-0.4, -0.2) is 0 Å². The Balaban J connectivity index is 0.00000272. The summed E-state index contributed by atoms with van der Waals surface area (Å²) in [4.78, 5) is 0. The maximum Gasteiger partial charge on any atom is 0.416 e. The summed E-state index contributed by atoms with van der Waals surface area (Å²) in [6.07, 6.45) is -9.10. The minimum Gasteiger partial charge on any atom is -0.554 e. The molecular formula is C21H11F7IrN2-2. The van der Waals surface area contributed by atoms with Crippen molar-refractivity contribution in [3.63, 3.8) is 0 Å². The Bertz CT molecular complexity index is 1080. The van der Waals surface area contributed by atoms with Crippen LogP contribution in [0.5, 0.6) is 0 Å². The van der Waals surface area contributed by atoms with Gasteiger partial charge in [0, 0.05) is 25.8 Å². The largest absolute Gasteiger partial charge is 0.554 e. The molecule has 1 atom stereocenters. The molecule has 3 aromatic carbocycles. The van der Waals surface area contributed by atoms with Gasteiger partial charge < -0.3 is 10.4 Å². The third kappa shape index (κ3) is 4.61. The van der Waals surface area contributed by atoms with Gasteiger partial charge in [0.25, 0.3) is 0 Å². The second kappa shape index (κ2) is 8.26. The minimum absolute atomic E-state index is 0. The van der Waals surface area contributed by atoms with Crippen molar-refractivity contribution >= 4 is 11.4 Å². The molecule has 0 aromatic heterocycles. The first-order chi connectivity index (χ1) is 14.0. The smallest absolute Gasteiger partial charge is 0.416 e. The summed E-state index contributed by atoms with van der Waals surface area (Å²) in [5.74, 6) is -0.601. The molecule has 1 radical (unpaired) electrons. The van der Waals surface area contributed by atoms with Crippen LogP contribution in [0.25, 0.3) is 5.43 Å². The molecule has 10 heteroatoms. The summed E-state index contributed by atoms with van der Waals surface area (Å²) >= 11 is 0. The van der Waals surface area contributed by atoms with Crippen LogP contribution in [0.15, 0.2) is 60.7 Å². The molecule has 4 rings (SSSR count). The quantitative estimate of drug-likeness (QED) is 0.220. The second-order valence-electron chi connectivity index (χ2n) is 6.61. The van der Waals surface area contributed by atoms with E-state index in [2.05, 4.69) is 11.5 Å². The number of rotatable bonds is 2. The van der Waals surface area contributed by atoms with Gasteiger partial charge in [-0.05, 0) is 35.9 Å². The summed E-state index contributed by atoms with van der Waals surface area (Å²) in [7, 11) is 0. The van der Waals surface area contributed by atoms with E-state index in [9.17, 15) is 30.7 Å². The molecule has 165 valence electrons. The van der Waals surface area contributed by atoms with Crippen molar-refractivity contribution in [3.8, 4) is 0 Å². The van der Waals surface area contributed by atoms with Crippen LogP contribution in [0.2, 0.25) is 0 Å². The summed E-state index contributed by atoms with van der Waals surface area (Å²) in [6.45, 7) is 0. The van der Waals surface area contributed by atoms with Crippen molar-refractivity contribution in [2.75, 3.05) is 5.01 Å². The first-order valence-electron chi connectivity index (χ1n) is 8.60. The van der Waals surface area contributed by atoms with Gasteiger partial charge >= 0.3 is 12.4 Å². The molecule has 0 spiro atoms. The summed E-state index contributed by atoms with van der Waals surface area (Å²) in [5.41, 5.74) is 3.53. The Morgan fingerprint density at radius 2 is 1.45 bits per heavy atom. The summed E-state index contributed by atoms with van der Waals surface area (Å²) in [5, 5.41) is 1.19. The molecule has 0 aliphatic carbocycles. The van der Waals surface area contributed by atoms with E-state index in [1.165, 1.54) is 23.2 Å². The predicted molar refractivity (Wildman–Crippen MR) is 95.5 cm³/mol. The van der Waals surface area contributed by atoms with Gasteiger partial charge in [0.15, 0.2) is 0 Å². The standard InChI is InChI=1S/C21H11F7N2.Ir/c22-15-8-9-18-17(11-15)19(12-4-6-13(7-5-12)20(23,24)25)29-30(18)16-3-1-2-14(10-16)21(26,27)28;/h1-2,4-11,19H;/q-2;. The van der Waals surface area contributed by atoms with Crippen molar-refractivity contribution < 1.29 is 50.8 Å². The van der Waals surface area contributed by atoms with E-state index in [1.54, 1.807) is 0 Å². The molecule has 1 aliphatic rings. The zero-order valence-corrected chi connectivity index (χ0v) is 17.6. The molecule has 1 heterocycles. The van der Waals surface area contributed by atoms with Crippen molar-refractivity contribution in [1.29, 1.82) is 0 Å². The third-order valence-corrected chi connectivity index (χ3v) is 4.64. The van der Waals surface area contributed by atoms with Crippen LogP contribution in [0.4, 0.5) is 42.1 Å². The van der Waals surface area contributed by atoms with E-state index in [1.807, 2.05) is 0 Å². The van der Waals surface area contributed by atoms with Gasteiger partial charge in [0.2, 0.25) is 0 Å². The van der Waals surface area contributed by atoms with Gasteiger partial charge in [-0.15, -0.1) is 6.07 Å². The summed E-state index contributed by atoms with van der Waals surface area (Å²) in [6, 6.07) is 12.4. The predicted octanol–water partition coefficient (Wildman–Crippen LogP) is 7.19. The topological polar surface area (TPSA) is 17.3 Å². The Labute approximate surface area is 186 Å². The van der Waals surface area contributed by atoms with Gasteiger partial charge in [-0.1, -0.05) is 35.0 Å². The maximum absolute atomic E-state index is 13.9. The van der Waals surface area contributed by atoms with Crippen LogP contribution in [0, 0.1) is 11.9 Å². The fourth-order valence-corrected chi connectivity index (χ4v) is 3.22. The average molecular weight is 617 g/mol. The zero-order valence-electron chi connectivity index (χ0n) is 15.2. The molecule has 31 heavy (non-hydrogen) atoms. The van der Waals surface area contributed by atoms with E-state index < -0.39 is 35.3 Å². The molecule has 0 amide bonds. The van der Waals surface area contributed by atoms with E-state index in [4.69, 9.17) is 0 Å². The monoisotopic (exact) mass is 617 g/mol. The third-order valence-electron chi connectivity index (χ3n) is 4.64. The second-order valence-corrected chi connectivity index (χ2v) is 6.61. The summed E-state index contributed by atoms with van der Waals surface area (Å²) < 4.78 is 91.6. The van der Waals surface area contributed by atoms with Gasteiger partial charge in [0.05, 0.1) is 5.56 Å². The Hall–Kier alpha value is -2.42. The van der Waals surface area contributed by atoms with E-state index >= 15 is 0 Å². The molecule has 3 aromatic rings. The SMILES string of the molecule is Fc1ccc2c(c1)C(c1ccc(C(F)(F)F)cc1)[N-]N2c1[c-]ccc(C(F)(F)F)c1.[Ir]. The Morgan fingerprint density at radius 3 is 2.06 bits per heavy atom. The van der Waals surface area contributed by atoms with Crippen molar-refractivity contribution in [3.05, 3.63) is 100 Å². The number of benzene rings is 3. The molecule has 0 N–H and O–H groups in total. The van der Waals surface area contributed by atoms with Crippen molar-refractivity contribution in [1.82, 2.24) is 0 Å². The molecule has 1 unspecified atom stereocenters. The molecule has 0 fully saturated rings. The van der Waals surface area contributed by atoms with Crippen LogP contribution in [0.3, 0.4) is 0 Å². The van der Waals surface area contributed by atoms with E-state index in [-0.39, 0.29) is 25.8 Å². The van der Waals surface area contributed by atoms with Gasteiger partial charge in [0.1, 0.15) is 5.82 Å². The first kappa shape index (κ1) is 23.2. The number of fused-ring (bicyclic) bond motifs is 1. The van der Waals surface area contributed by atoms with Crippen LogP contribution >= 0.6 is 0 Å². The van der Waals surface area contributed by atoms with Crippen molar-refractivity contribution in [2.24, 2.45) is 0 Å². The number of anilines is 2. The maximum atomic E-state index is 13.9. The fourth-order valence-electron chi connectivity index (χ4n) is 3.22. The molecule has 2 nitrogen and oxygen atoms in total. The Morgan fingerprint density at radius 1 is 0.806 bits per heavy atom. The number of hydrogen-bond acceptors (Lipinski definition) is 1. The molecule has 0 saturated carbocycles. The molecule has 1 aliphatic heterocycles. The zero-order chi connectivity index (χ0) is 21.7. The number of alkyl halides is 6. The van der Waals surface area contributed by atoms with Gasteiger partial charge in [-0.25, -0.2) is 4.39 Å². The normalized spacial score (nSPS) is 16.1. The number of halogens is 7. The number of nitrogens with zero attached hydrogens (tertiary/aromatic N) is 2. The number of hydrogen-bond donors (Lipinski definition) is 0. The average Bonchev–Trinajstić information content (AvgIpc) is 3.05. The molecule has 0 saturated heterocycles. The first-order valence-corrected chi connectivity index (χ1v) is 8.60. The minimum atomic E-state index is -4.58. The molecule has 0 bridgehead atoms.